The number of nitrogens with zero attached hydrogens (tertiary/aromatic N) is 2. The van der Waals surface area contributed by atoms with E-state index in [1.165, 1.54) is 38.0 Å². The summed E-state index contributed by atoms with van der Waals surface area (Å²) in [4.78, 5) is 22.9. The summed E-state index contributed by atoms with van der Waals surface area (Å²) in [5.41, 5.74) is 1.34. The Morgan fingerprint density at radius 3 is 2.14 bits per heavy atom. The highest BCUT2D eigenvalue weighted by Gasteiger charge is 2.43. The molecule has 8 nitrogen and oxygen atoms in total. The molecule has 1 aromatic heterocycles. The number of halogens is 6. The van der Waals surface area contributed by atoms with Gasteiger partial charge in [0.1, 0.15) is 5.60 Å². The lowest BCUT2D eigenvalue weighted by Gasteiger charge is -2.31. The molecule has 3 aliphatic rings. The van der Waals surface area contributed by atoms with Crippen LogP contribution in [0.3, 0.4) is 0 Å². The molecule has 4 heterocycles. The number of carboxylic acids is 2. The zero-order valence-electron chi connectivity index (χ0n) is 19.9. The van der Waals surface area contributed by atoms with E-state index in [2.05, 4.69) is 26.6 Å². The highest BCUT2D eigenvalue weighted by Crippen LogP contribution is 2.34. The van der Waals surface area contributed by atoms with E-state index >= 15 is 0 Å². The van der Waals surface area contributed by atoms with Gasteiger partial charge >= 0.3 is 24.3 Å². The molecule has 0 amide bonds. The summed E-state index contributed by atoms with van der Waals surface area (Å²) >= 11 is 1.78. The SMILES string of the molecule is O=C(O)C(F)(F)F.O=C(O)C(F)(F)F.c1cc(CN2CCOCC3(CC(CN4CCCC4)CO3)C2)cs1. The van der Waals surface area contributed by atoms with E-state index < -0.39 is 24.3 Å². The molecule has 3 fully saturated rings. The van der Waals surface area contributed by atoms with Crippen molar-refractivity contribution in [2.45, 2.75) is 43.8 Å². The van der Waals surface area contributed by atoms with Gasteiger partial charge in [-0.15, -0.1) is 0 Å². The summed E-state index contributed by atoms with van der Waals surface area (Å²) in [6.45, 7) is 9.33. The maximum Gasteiger partial charge on any atom is 0.490 e. The van der Waals surface area contributed by atoms with Crippen LogP contribution in [0.4, 0.5) is 26.3 Å². The largest absolute Gasteiger partial charge is 0.490 e. The highest BCUT2D eigenvalue weighted by molar-refractivity contribution is 7.07. The van der Waals surface area contributed by atoms with Crippen molar-refractivity contribution >= 4 is 23.3 Å². The number of thiophene rings is 1. The van der Waals surface area contributed by atoms with Gasteiger partial charge in [0.05, 0.1) is 19.8 Å². The van der Waals surface area contributed by atoms with Crippen LogP contribution in [-0.2, 0) is 25.6 Å². The quantitative estimate of drug-likeness (QED) is 0.534. The minimum atomic E-state index is -5.08. The molecule has 0 aromatic carbocycles. The van der Waals surface area contributed by atoms with Crippen molar-refractivity contribution in [1.29, 1.82) is 0 Å². The minimum Gasteiger partial charge on any atom is -0.475 e. The fourth-order valence-electron chi connectivity index (χ4n) is 4.36. The summed E-state index contributed by atoms with van der Waals surface area (Å²) in [7, 11) is 0. The lowest BCUT2D eigenvalue weighted by atomic mass is 9.94. The van der Waals surface area contributed by atoms with Crippen molar-refractivity contribution < 1.29 is 55.6 Å². The van der Waals surface area contributed by atoms with Crippen LogP contribution in [0, 0.1) is 5.92 Å². The molecule has 0 radical (unpaired) electrons. The molecular weight excluding hydrogens is 534 g/mol. The van der Waals surface area contributed by atoms with Gasteiger partial charge in [-0.25, -0.2) is 9.59 Å². The average molecular weight is 565 g/mol. The van der Waals surface area contributed by atoms with Crippen molar-refractivity contribution in [2.24, 2.45) is 5.92 Å². The number of likely N-dealkylation sites (tertiary alicyclic amines) is 1. The summed E-state index contributed by atoms with van der Waals surface area (Å²) < 4.78 is 75.7. The summed E-state index contributed by atoms with van der Waals surface area (Å²) in [6.07, 6.45) is -6.27. The van der Waals surface area contributed by atoms with Crippen LogP contribution in [0.2, 0.25) is 0 Å². The minimum absolute atomic E-state index is 0.0725. The number of carbonyl (C=O) groups is 2. The predicted octanol–water partition coefficient (Wildman–Crippen LogP) is 3.72. The molecule has 3 saturated heterocycles. The van der Waals surface area contributed by atoms with Crippen LogP contribution < -0.4 is 0 Å². The molecular formula is C22H30F6N2O6S. The molecule has 15 heteroatoms. The van der Waals surface area contributed by atoms with E-state index in [4.69, 9.17) is 29.3 Å². The Hall–Kier alpha value is -1.94. The van der Waals surface area contributed by atoms with Gasteiger partial charge in [0.2, 0.25) is 0 Å². The smallest absolute Gasteiger partial charge is 0.475 e. The van der Waals surface area contributed by atoms with Gasteiger partial charge in [0.15, 0.2) is 0 Å². The molecule has 2 atom stereocenters. The Morgan fingerprint density at radius 2 is 1.62 bits per heavy atom. The van der Waals surface area contributed by atoms with Gasteiger partial charge in [-0.05, 0) is 60.7 Å². The van der Waals surface area contributed by atoms with E-state index in [0.717, 1.165) is 45.9 Å². The monoisotopic (exact) mass is 564 g/mol. The Balaban J connectivity index is 0.000000286. The van der Waals surface area contributed by atoms with Crippen molar-refractivity contribution in [1.82, 2.24) is 9.80 Å². The Labute approximate surface area is 213 Å². The van der Waals surface area contributed by atoms with Gasteiger partial charge in [-0.2, -0.15) is 37.7 Å². The summed E-state index contributed by atoms with van der Waals surface area (Å²) in [5, 5.41) is 18.7. The molecule has 0 aliphatic carbocycles. The first-order chi connectivity index (χ1) is 17.2. The maximum atomic E-state index is 10.6. The van der Waals surface area contributed by atoms with E-state index in [1.54, 1.807) is 11.3 Å². The standard InChI is InChI=1S/C18H28N2O2S.2C2HF3O2/c1-2-5-19(4-1)11-17-9-18(22-12-17)14-20(6-7-21-15-18)10-16-3-8-23-13-16;2*3-2(4,5)1(6)7/h3,8,13,17H,1-2,4-7,9-12,14-15H2;2*(H,6,7). The van der Waals surface area contributed by atoms with Crippen LogP contribution in [0.25, 0.3) is 0 Å². The van der Waals surface area contributed by atoms with Crippen molar-refractivity contribution in [3.8, 4) is 0 Å². The zero-order chi connectivity index (χ0) is 27.7. The third kappa shape index (κ3) is 11.1. The fourth-order valence-corrected chi connectivity index (χ4v) is 5.02. The van der Waals surface area contributed by atoms with E-state index in [9.17, 15) is 26.3 Å². The molecule has 1 spiro atoms. The molecule has 2 N–H and O–H groups in total. The maximum absolute atomic E-state index is 10.6. The van der Waals surface area contributed by atoms with Gasteiger partial charge in [-0.3, -0.25) is 4.90 Å². The van der Waals surface area contributed by atoms with Crippen LogP contribution in [0.1, 0.15) is 24.8 Å². The first-order valence-corrected chi connectivity index (χ1v) is 12.4. The predicted molar refractivity (Wildman–Crippen MR) is 120 cm³/mol. The van der Waals surface area contributed by atoms with Gasteiger partial charge in [0, 0.05) is 26.2 Å². The average Bonchev–Trinajstić information content (AvgIpc) is 3.52. The Kier molecular flexibility index (Phi) is 11.6. The fraction of sp³-hybridized carbons (Fsp3) is 0.727. The highest BCUT2D eigenvalue weighted by atomic mass is 32.1. The van der Waals surface area contributed by atoms with Crippen LogP contribution >= 0.6 is 11.3 Å². The third-order valence-corrected chi connectivity index (χ3v) is 6.63. The van der Waals surface area contributed by atoms with E-state index in [-0.39, 0.29) is 5.60 Å². The number of ether oxygens (including phenoxy) is 2. The third-order valence-electron chi connectivity index (χ3n) is 5.90. The van der Waals surface area contributed by atoms with Gasteiger partial charge in [-0.1, -0.05) is 0 Å². The number of carboxylic acid groups (broad SMARTS) is 2. The Bertz CT molecular complexity index is 824. The second-order valence-electron chi connectivity index (χ2n) is 9.07. The number of rotatable bonds is 4. The van der Waals surface area contributed by atoms with Crippen molar-refractivity contribution in [2.75, 3.05) is 52.5 Å². The van der Waals surface area contributed by atoms with Crippen LogP contribution in [-0.4, -0.2) is 102 Å². The van der Waals surface area contributed by atoms with E-state index in [1.807, 2.05) is 0 Å². The summed E-state index contributed by atoms with van der Waals surface area (Å²) in [6, 6.07) is 2.23. The number of alkyl halides is 6. The lowest BCUT2D eigenvalue weighted by molar-refractivity contribution is -0.193. The molecule has 0 bridgehead atoms. The number of aliphatic carboxylic acids is 2. The van der Waals surface area contributed by atoms with Crippen LogP contribution in [0.5, 0.6) is 0 Å². The van der Waals surface area contributed by atoms with Crippen LogP contribution in [0.15, 0.2) is 16.8 Å². The topological polar surface area (TPSA) is 99.5 Å². The lowest BCUT2D eigenvalue weighted by Crippen LogP contribution is -2.44. The molecule has 4 rings (SSSR count). The van der Waals surface area contributed by atoms with E-state index in [0.29, 0.717) is 5.92 Å². The van der Waals surface area contributed by atoms with Gasteiger partial charge < -0.3 is 24.6 Å². The molecule has 2 unspecified atom stereocenters. The normalized spacial score (nSPS) is 25.1. The molecule has 3 aliphatic heterocycles. The molecule has 0 saturated carbocycles. The molecule has 1 aromatic rings. The van der Waals surface area contributed by atoms with Crippen molar-refractivity contribution in [3.63, 3.8) is 0 Å². The number of hydrogen-bond donors (Lipinski definition) is 2. The van der Waals surface area contributed by atoms with Gasteiger partial charge in [0.25, 0.3) is 0 Å². The molecule has 212 valence electrons. The zero-order valence-corrected chi connectivity index (χ0v) is 20.7. The first-order valence-electron chi connectivity index (χ1n) is 11.5. The molecule has 37 heavy (non-hydrogen) atoms. The second kappa shape index (κ2) is 13.7. The number of hydrogen-bond acceptors (Lipinski definition) is 7. The second-order valence-corrected chi connectivity index (χ2v) is 9.85. The first kappa shape index (κ1) is 31.3. The van der Waals surface area contributed by atoms with Crippen molar-refractivity contribution in [3.05, 3.63) is 22.4 Å². The summed E-state index contributed by atoms with van der Waals surface area (Å²) in [5.74, 6) is -4.84. The Morgan fingerprint density at radius 1 is 1.03 bits per heavy atom.